The summed E-state index contributed by atoms with van der Waals surface area (Å²) in [7, 11) is 1.60. The molecule has 1 aromatic heterocycles. The lowest BCUT2D eigenvalue weighted by Gasteiger charge is -2.37. The number of aryl methyl sites for hydroxylation is 2. The summed E-state index contributed by atoms with van der Waals surface area (Å²) in [6, 6.07) is 6.95. The Morgan fingerprint density at radius 2 is 1.97 bits per heavy atom. The number of ether oxygens (including phenoxy) is 2. The maximum Gasteiger partial charge on any atom is 0.296 e. The van der Waals surface area contributed by atoms with Crippen LogP contribution in [0.3, 0.4) is 0 Å². The molecule has 1 amide bonds. The Morgan fingerprint density at radius 1 is 1.19 bits per heavy atom. The highest BCUT2D eigenvalue weighted by molar-refractivity contribution is 7.15. The average molecular weight is 439 g/mol. The molecule has 3 aliphatic rings. The van der Waals surface area contributed by atoms with E-state index in [-0.39, 0.29) is 29.5 Å². The number of aromatic nitrogens is 1. The van der Waals surface area contributed by atoms with E-state index < -0.39 is 6.04 Å². The van der Waals surface area contributed by atoms with Crippen LogP contribution in [-0.2, 0) is 14.3 Å². The monoisotopic (exact) mass is 438 g/mol. The summed E-state index contributed by atoms with van der Waals surface area (Å²) in [5.41, 5.74) is 2.11. The first-order valence-corrected chi connectivity index (χ1v) is 11.6. The summed E-state index contributed by atoms with van der Waals surface area (Å²) in [6.45, 7) is 6.09. The minimum atomic E-state index is -0.603. The van der Waals surface area contributed by atoms with Gasteiger partial charge in [0.15, 0.2) is 16.7 Å². The number of para-hydroxylation sites is 1. The predicted octanol–water partition coefficient (Wildman–Crippen LogP) is 4.51. The summed E-state index contributed by atoms with van der Waals surface area (Å²) in [6.07, 6.45) is 2.39. The van der Waals surface area contributed by atoms with Crippen molar-refractivity contribution >= 4 is 28.2 Å². The fraction of sp³-hybridized carbons (Fsp3) is 0.458. The van der Waals surface area contributed by atoms with E-state index >= 15 is 0 Å². The van der Waals surface area contributed by atoms with Gasteiger partial charge in [0.05, 0.1) is 24.3 Å². The largest absolute Gasteiger partial charge is 0.496 e. The van der Waals surface area contributed by atoms with Crippen LogP contribution in [-0.4, -0.2) is 29.9 Å². The van der Waals surface area contributed by atoms with Gasteiger partial charge in [0.2, 0.25) is 0 Å². The number of anilines is 1. The number of hydrogen-bond acceptors (Lipinski definition) is 6. The molecule has 0 spiro atoms. The number of benzene rings is 1. The molecular formula is C24H26N2O4S. The van der Waals surface area contributed by atoms with Crippen LogP contribution in [0.15, 0.2) is 35.6 Å². The maximum atomic E-state index is 13.8. The standard InChI is InChI=1S/C24H26N2O4S/c1-12-9-10-18-16(11-12)21(27)19-20(15-7-5-6-8-17(15)29-4)26(23(28)22(19)30-18)24-25-13(2)14(3)31-24/h5-8,12,16,18,20H,9-11H2,1-4H3. The molecule has 5 rings (SSSR count). The van der Waals surface area contributed by atoms with Gasteiger partial charge in [-0.2, -0.15) is 0 Å². The quantitative estimate of drug-likeness (QED) is 0.705. The number of carbonyl (C=O) groups excluding carboxylic acids is 2. The Hall–Kier alpha value is -2.67. The van der Waals surface area contributed by atoms with Gasteiger partial charge in [-0.05, 0) is 45.1 Å². The molecule has 0 N–H and O–H groups in total. The number of nitrogens with zero attached hydrogens (tertiary/aromatic N) is 2. The number of Topliss-reactive ketones (excluding diaryl/α,β-unsaturated/α-hetero) is 1. The number of fused-ring (bicyclic) bond motifs is 1. The van der Waals surface area contributed by atoms with Crippen LogP contribution in [0.4, 0.5) is 5.13 Å². The minimum absolute atomic E-state index is 0.0366. The lowest BCUT2D eigenvalue weighted by atomic mass is 9.74. The maximum absolute atomic E-state index is 13.8. The third-order valence-electron chi connectivity index (χ3n) is 6.77. The highest BCUT2D eigenvalue weighted by Crippen LogP contribution is 2.51. The van der Waals surface area contributed by atoms with Crippen LogP contribution in [0, 0.1) is 25.7 Å². The van der Waals surface area contributed by atoms with E-state index in [0.717, 1.165) is 35.4 Å². The number of thiazole rings is 1. The van der Waals surface area contributed by atoms with E-state index in [1.54, 1.807) is 12.0 Å². The molecule has 0 saturated heterocycles. The van der Waals surface area contributed by atoms with Gasteiger partial charge < -0.3 is 9.47 Å². The molecule has 3 heterocycles. The first-order valence-electron chi connectivity index (χ1n) is 10.8. The zero-order chi connectivity index (χ0) is 21.9. The van der Waals surface area contributed by atoms with Crippen molar-refractivity contribution in [1.82, 2.24) is 4.98 Å². The van der Waals surface area contributed by atoms with Crippen LogP contribution in [0.25, 0.3) is 0 Å². The predicted molar refractivity (Wildman–Crippen MR) is 118 cm³/mol. The van der Waals surface area contributed by atoms with Gasteiger partial charge in [-0.3, -0.25) is 14.5 Å². The molecule has 0 bridgehead atoms. The van der Waals surface area contributed by atoms with Crippen molar-refractivity contribution in [3.05, 3.63) is 51.7 Å². The molecule has 4 atom stereocenters. The molecular weight excluding hydrogens is 412 g/mol. The Bertz CT molecular complexity index is 1090. The number of hydrogen-bond donors (Lipinski definition) is 0. The highest BCUT2D eigenvalue weighted by atomic mass is 32.1. The Labute approximate surface area is 185 Å². The van der Waals surface area contributed by atoms with Crippen molar-refractivity contribution in [2.45, 2.75) is 52.2 Å². The van der Waals surface area contributed by atoms with Crippen molar-refractivity contribution in [2.75, 3.05) is 12.0 Å². The lowest BCUT2D eigenvalue weighted by Crippen LogP contribution is -2.41. The van der Waals surface area contributed by atoms with E-state index in [4.69, 9.17) is 9.47 Å². The number of rotatable bonds is 3. The van der Waals surface area contributed by atoms with Crippen molar-refractivity contribution in [2.24, 2.45) is 11.8 Å². The van der Waals surface area contributed by atoms with E-state index in [0.29, 0.717) is 22.4 Å². The Kier molecular flexibility index (Phi) is 4.88. The van der Waals surface area contributed by atoms with Gasteiger partial charge in [-0.15, -0.1) is 11.3 Å². The molecule has 162 valence electrons. The molecule has 2 aliphatic heterocycles. The molecule has 31 heavy (non-hydrogen) atoms. The fourth-order valence-electron chi connectivity index (χ4n) is 5.02. The van der Waals surface area contributed by atoms with Crippen LogP contribution in [0.1, 0.15) is 48.4 Å². The summed E-state index contributed by atoms with van der Waals surface area (Å²) in [5.74, 6) is 0.850. The number of carbonyl (C=O) groups is 2. The van der Waals surface area contributed by atoms with Crippen molar-refractivity contribution < 1.29 is 19.1 Å². The van der Waals surface area contributed by atoms with E-state index in [9.17, 15) is 9.59 Å². The number of amides is 1. The van der Waals surface area contributed by atoms with Gasteiger partial charge in [0.1, 0.15) is 17.9 Å². The minimum Gasteiger partial charge on any atom is -0.496 e. The third kappa shape index (κ3) is 3.09. The van der Waals surface area contributed by atoms with E-state index in [2.05, 4.69) is 11.9 Å². The zero-order valence-corrected chi connectivity index (χ0v) is 19.0. The molecule has 0 radical (unpaired) electrons. The molecule has 1 fully saturated rings. The molecule has 7 heteroatoms. The van der Waals surface area contributed by atoms with Gasteiger partial charge in [0.25, 0.3) is 5.91 Å². The second-order valence-electron chi connectivity index (χ2n) is 8.75. The number of methoxy groups -OCH3 is 1. The van der Waals surface area contributed by atoms with Gasteiger partial charge >= 0.3 is 0 Å². The van der Waals surface area contributed by atoms with Crippen molar-refractivity contribution in [1.29, 1.82) is 0 Å². The van der Waals surface area contributed by atoms with Crippen LogP contribution in [0.2, 0.25) is 0 Å². The van der Waals surface area contributed by atoms with Gasteiger partial charge in [-0.1, -0.05) is 25.1 Å². The summed E-state index contributed by atoms with van der Waals surface area (Å²) >= 11 is 1.46. The average Bonchev–Trinajstić information content (AvgIpc) is 3.24. The normalized spacial score (nSPS) is 27.8. The summed E-state index contributed by atoms with van der Waals surface area (Å²) in [4.78, 5) is 34.8. The highest BCUT2D eigenvalue weighted by Gasteiger charge is 2.54. The SMILES string of the molecule is COc1ccccc1C1C2=C(OC3CCC(C)CC3C2=O)C(=O)N1c1nc(C)c(C)s1. The molecule has 4 unspecified atom stereocenters. The molecule has 2 aromatic rings. The lowest BCUT2D eigenvalue weighted by molar-refractivity contribution is -0.132. The molecule has 1 saturated carbocycles. The van der Waals surface area contributed by atoms with Gasteiger partial charge in [-0.25, -0.2) is 4.98 Å². The van der Waals surface area contributed by atoms with Crippen LogP contribution in [0.5, 0.6) is 5.75 Å². The van der Waals surface area contributed by atoms with Gasteiger partial charge in [0, 0.05) is 10.4 Å². The molecule has 1 aromatic carbocycles. The Balaban J connectivity index is 1.68. The first-order chi connectivity index (χ1) is 14.9. The second kappa shape index (κ2) is 7.48. The van der Waals surface area contributed by atoms with Crippen molar-refractivity contribution in [3.8, 4) is 5.75 Å². The topological polar surface area (TPSA) is 68.7 Å². The third-order valence-corrected chi connectivity index (χ3v) is 7.84. The molecule has 1 aliphatic carbocycles. The van der Waals surface area contributed by atoms with Crippen LogP contribution < -0.4 is 9.64 Å². The fourth-order valence-corrected chi connectivity index (χ4v) is 5.96. The smallest absolute Gasteiger partial charge is 0.296 e. The zero-order valence-electron chi connectivity index (χ0n) is 18.2. The van der Waals surface area contributed by atoms with Crippen LogP contribution >= 0.6 is 11.3 Å². The van der Waals surface area contributed by atoms with Crippen molar-refractivity contribution in [3.63, 3.8) is 0 Å². The van der Waals surface area contributed by atoms with E-state index in [1.165, 1.54) is 11.3 Å². The Morgan fingerprint density at radius 3 is 2.68 bits per heavy atom. The first kappa shape index (κ1) is 20.2. The molecule has 6 nitrogen and oxygen atoms in total. The summed E-state index contributed by atoms with van der Waals surface area (Å²) in [5, 5.41) is 0.582. The summed E-state index contributed by atoms with van der Waals surface area (Å²) < 4.78 is 11.9. The number of ketones is 1. The van der Waals surface area contributed by atoms with E-state index in [1.807, 2.05) is 38.1 Å². The second-order valence-corrected chi connectivity index (χ2v) is 9.93.